The van der Waals surface area contributed by atoms with E-state index in [1.807, 2.05) is 0 Å². The maximum absolute atomic E-state index is 12.2. The molecule has 2 N–H and O–H groups in total. The van der Waals surface area contributed by atoms with Gasteiger partial charge < -0.3 is 9.84 Å². The predicted octanol–water partition coefficient (Wildman–Crippen LogP) is 1.40. The third-order valence-electron chi connectivity index (χ3n) is 3.14. The molecule has 1 fully saturated rings. The number of aliphatic hydroxyl groups is 1. The molecular weight excluding hydrogens is 286 g/mol. The van der Waals surface area contributed by atoms with Gasteiger partial charge in [-0.25, -0.2) is 13.1 Å². The van der Waals surface area contributed by atoms with Crippen molar-refractivity contribution < 1.29 is 18.3 Å². The van der Waals surface area contributed by atoms with Crippen LogP contribution in [0.3, 0.4) is 0 Å². The van der Waals surface area contributed by atoms with Gasteiger partial charge in [0.2, 0.25) is 10.0 Å². The highest BCUT2D eigenvalue weighted by Crippen LogP contribution is 2.25. The molecule has 1 aromatic rings. The van der Waals surface area contributed by atoms with Crippen molar-refractivity contribution in [2.75, 3.05) is 13.2 Å². The smallest absolute Gasteiger partial charge is 0.241 e. The normalized spacial score (nSPS) is 20.6. The third kappa shape index (κ3) is 3.76. The van der Waals surface area contributed by atoms with E-state index in [1.54, 1.807) is 6.92 Å². The monoisotopic (exact) mass is 305 g/mol. The Hall–Kier alpha value is -0.470. The van der Waals surface area contributed by atoms with Gasteiger partial charge >= 0.3 is 0 Å². The molecule has 108 valence electrons. The average molecular weight is 305 g/mol. The quantitative estimate of drug-likeness (QED) is 0.862. The maximum Gasteiger partial charge on any atom is 0.241 e. The van der Waals surface area contributed by atoms with Gasteiger partial charge in [0.25, 0.3) is 0 Å². The molecular formula is C12H19NO4S2. The Labute approximate surface area is 117 Å². The van der Waals surface area contributed by atoms with Crippen LogP contribution in [0, 0.1) is 6.92 Å². The topological polar surface area (TPSA) is 75.6 Å². The van der Waals surface area contributed by atoms with E-state index >= 15 is 0 Å². The van der Waals surface area contributed by atoms with Gasteiger partial charge in [-0.15, -0.1) is 11.3 Å². The SMILES string of the molecule is Cc1sc(CO)cc1S(=O)(=O)NCC1CCCCO1. The minimum Gasteiger partial charge on any atom is -0.391 e. The van der Waals surface area contributed by atoms with Crippen molar-refractivity contribution in [1.82, 2.24) is 4.72 Å². The van der Waals surface area contributed by atoms with Gasteiger partial charge in [-0.05, 0) is 32.3 Å². The minimum atomic E-state index is -3.51. The molecule has 0 amide bonds. The van der Waals surface area contributed by atoms with E-state index in [1.165, 1.54) is 17.4 Å². The van der Waals surface area contributed by atoms with Crippen LogP contribution in [-0.2, 0) is 21.4 Å². The molecule has 0 bridgehead atoms. The Morgan fingerprint density at radius 2 is 2.32 bits per heavy atom. The largest absolute Gasteiger partial charge is 0.391 e. The number of rotatable bonds is 5. The number of ether oxygens (including phenoxy) is 1. The Morgan fingerprint density at radius 1 is 1.53 bits per heavy atom. The van der Waals surface area contributed by atoms with Crippen LogP contribution in [0.5, 0.6) is 0 Å². The first kappa shape index (κ1) is 14.9. The number of hydrogen-bond donors (Lipinski definition) is 2. The molecule has 2 heterocycles. The number of aryl methyl sites for hydroxylation is 1. The fourth-order valence-corrected chi connectivity index (χ4v) is 4.68. The van der Waals surface area contributed by atoms with Gasteiger partial charge in [0.15, 0.2) is 0 Å². The average Bonchev–Trinajstić information content (AvgIpc) is 2.80. The number of aliphatic hydroxyl groups excluding tert-OH is 1. The van der Waals surface area contributed by atoms with Crippen molar-refractivity contribution in [3.05, 3.63) is 15.8 Å². The molecule has 5 nitrogen and oxygen atoms in total. The standard InChI is InChI=1S/C12H19NO4S2/c1-9-12(6-11(8-14)18-9)19(15,16)13-7-10-4-2-3-5-17-10/h6,10,13-14H,2-5,7-8H2,1H3. The summed E-state index contributed by atoms with van der Waals surface area (Å²) in [6, 6.07) is 1.53. The Morgan fingerprint density at radius 3 is 2.89 bits per heavy atom. The summed E-state index contributed by atoms with van der Waals surface area (Å²) in [5.41, 5.74) is 0. The van der Waals surface area contributed by atoms with Crippen molar-refractivity contribution in [3.8, 4) is 0 Å². The summed E-state index contributed by atoms with van der Waals surface area (Å²) >= 11 is 1.30. The van der Waals surface area contributed by atoms with Gasteiger partial charge in [0.1, 0.15) is 0 Å². The fraction of sp³-hybridized carbons (Fsp3) is 0.667. The van der Waals surface area contributed by atoms with Crippen LogP contribution in [0.1, 0.15) is 29.0 Å². The van der Waals surface area contributed by atoms with Crippen molar-refractivity contribution in [2.24, 2.45) is 0 Å². The summed E-state index contributed by atoms with van der Waals surface area (Å²) in [6.07, 6.45) is 3.00. The van der Waals surface area contributed by atoms with E-state index in [0.717, 1.165) is 19.3 Å². The van der Waals surface area contributed by atoms with Crippen molar-refractivity contribution >= 4 is 21.4 Å². The zero-order chi connectivity index (χ0) is 13.9. The highest BCUT2D eigenvalue weighted by Gasteiger charge is 2.22. The summed E-state index contributed by atoms with van der Waals surface area (Å²) in [5, 5.41) is 9.05. The second-order valence-corrected chi connectivity index (χ2v) is 7.71. The molecule has 0 radical (unpaired) electrons. The lowest BCUT2D eigenvalue weighted by molar-refractivity contribution is 0.0200. The number of hydrogen-bond acceptors (Lipinski definition) is 5. The van der Waals surface area contributed by atoms with Crippen molar-refractivity contribution in [3.63, 3.8) is 0 Å². The van der Waals surface area contributed by atoms with Gasteiger partial charge in [0, 0.05) is 22.9 Å². The van der Waals surface area contributed by atoms with Crippen LogP contribution >= 0.6 is 11.3 Å². The lowest BCUT2D eigenvalue weighted by Gasteiger charge is -2.22. The molecule has 0 spiro atoms. The molecule has 7 heteroatoms. The molecule has 0 saturated carbocycles. The fourth-order valence-electron chi connectivity index (χ4n) is 2.12. The van der Waals surface area contributed by atoms with Gasteiger partial charge in [0.05, 0.1) is 17.6 Å². The molecule has 1 unspecified atom stereocenters. The number of sulfonamides is 1. The highest BCUT2D eigenvalue weighted by atomic mass is 32.2. The van der Waals surface area contributed by atoms with E-state index in [4.69, 9.17) is 9.84 Å². The van der Waals surface area contributed by atoms with Crippen molar-refractivity contribution in [2.45, 2.75) is 43.8 Å². The zero-order valence-electron chi connectivity index (χ0n) is 10.9. The Bertz CT molecular complexity index is 518. The zero-order valence-corrected chi connectivity index (χ0v) is 12.5. The lowest BCUT2D eigenvalue weighted by atomic mass is 10.1. The van der Waals surface area contributed by atoms with Crippen LogP contribution in [0.4, 0.5) is 0 Å². The summed E-state index contributed by atoms with van der Waals surface area (Å²) in [7, 11) is -3.51. The second-order valence-electron chi connectivity index (χ2n) is 4.63. The summed E-state index contributed by atoms with van der Waals surface area (Å²) in [4.78, 5) is 1.62. The van der Waals surface area contributed by atoms with E-state index in [0.29, 0.717) is 22.9 Å². The molecule has 1 saturated heterocycles. The first-order valence-electron chi connectivity index (χ1n) is 6.34. The first-order chi connectivity index (χ1) is 9.03. The van der Waals surface area contributed by atoms with Crippen LogP contribution in [0.25, 0.3) is 0 Å². The maximum atomic E-state index is 12.2. The molecule has 19 heavy (non-hydrogen) atoms. The van der Waals surface area contributed by atoms with Gasteiger partial charge in [-0.1, -0.05) is 0 Å². The minimum absolute atomic E-state index is 0.0280. The van der Waals surface area contributed by atoms with Gasteiger partial charge in [-0.3, -0.25) is 0 Å². The van der Waals surface area contributed by atoms with Crippen LogP contribution < -0.4 is 4.72 Å². The molecule has 1 atom stereocenters. The molecule has 0 aliphatic carbocycles. The van der Waals surface area contributed by atoms with Crippen molar-refractivity contribution in [1.29, 1.82) is 0 Å². The lowest BCUT2D eigenvalue weighted by Crippen LogP contribution is -2.35. The predicted molar refractivity (Wildman–Crippen MR) is 73.8 cm³/mol. The Kier molecular flexibility index (Phi) is 4.97. The number of thiophene rings is 1. The molecule has 1 aliphatic heterocycles. The van der Waals surface area contributed by atoms with E-state index in [2.05, 4.69) is 4.72 Å². The van der Waals surface area contributed by atoms with Crippen LogP contribution in [0.15, 0.2) is 11.0 Å². The highest BCUT2D eigenvalue weighted by molar-refractivity contribution is 7.89. The van der Waals surface area contributed by atoms with E-state index < -0.39 is 10.0 Å². The summed E-state index contributed by atoms with van der Waals surface area (Å²) < 4.78 is 32.5. The van der Waals surface area contributed by atoms with Crippen LogP contribution in [0.2, 0.25) is 0 Å². The summed E-state index contributed by atoms with van der Waals surface area (Å²) in [6.45, 7) is 2.63. The van der Waals surface area contributed by atoms with E-state index in [9.17, 15) is 8.42 Å². The van der Waals surface area contributed by atoms with E-state index in [-0.39, 0.29) is 17.6 Å². The second kappa shape index (κ2) is 6.32. The molecule has 0 aromatic carbocycles. The van der Waals surface area contributed by atoms with Gasteiger partial charge in [-0.2, -0.15) is 0 Å². The Balaban J connectivity index is 2.02. The van der Waals surface area contributed by atoms with Crippen LogP contribution in [-0.4, -0.2) is 32.8 Å². The molecule has 1 aromatic heterocycles. The summed E-state index contributed by atoms with van der Waals surface area (Å²) in [5.74, 6) is 0. The molecule has 2 rings (SSSR count). The first-order valence-corrected chi connectivity index (χ1v) is 8.64. The number of nitrogens with one attached hydrogen (secondary N) is 1. The molecule has 1 aliphatic rings. The third-order valence-corrected chi connectivity index (χ3v) is 5.86.